The lowest BCUT2D eigenvalue weighted by molar-refractivity contribution is 0.415. The van der Waals surface area contributed by atoms with E-state index in [1.807, 2.05) is 13.0 Å². The van der Waals surface area contributed by atoms with Crippen molar-refractivity contribution in [1.82, 2.24) is 0 Å². The number of aryl methyl sites for hydroxylation is 1. The predicted molar refractivity (Wildman–Crippen MR) is 107 cm³/mol. The third-order valence-electron chi connectivity index (χ3n) is 4.21. The lowest BCUT2D eigenvalue weighted by Gasteiger charge is -2.11. The Kier molecular flexibility index (Phi) is 5.21. The van der Waals surface area contributed by atoms with E-state index >= 15 is 0 Å². The first kappa shape index (κ1) is 19.6. The normalized spacial score (nSPS) is 11.9. The van der Waals surface area contributed by atoms with Crippen molar-refractivity contribution in [3.05, 3.63) is 48.0 Å². The summed E-state index contributed by atoms with van der Waals surface area (Å²) in [5.41, 5.74) is 2.02. The number of fused-ring (bicyclic) bond motifs is 1. The van der Waals surface area contributed by atoms with E-state index in [9.17, 15) is 18.1 Å². The van der Waals surface area contributed by atoms with Gasteiger partial charge in [-0.25, -0.2) is 0 Å². The van der Waals surface area contributed by atoms with Gasteiger partial charge in [-0.1, -0.05) is 12.1 Å². The van der Waals surface area contributed by atoms with Gasteiger partial charge in [0.05, 0.1) is 12.0 Å². The van der Waals surface area contributed by atoms with Crippen LogP contribution < -0.4 is 10.1 Å². The molecule has 0 fully saturated rings. The van der Waals surface area contributed by atoms with E-state index in [0.29, 0.717) is 27.9 Å². The van der Waals surface area contributed by atoms with Gasteiger partial charge in [-0.05, 0) is 48.2 Å². The monoisotopic (exact) mass is 401 g/mol. The fraction of sp³-hybridized carbons (Fsp3) is 0.158. The van der Waals surface area contributed by atoms with Gasteiger partial charge in [0, 0.05) is 18.1 Å². The zero-order valence-corrected chi connectivity index (χ0v) is 16.3. The number of aromatic hydroxyl groups is 1. The molecule has 0 saturated carbocycles. The van der Waals surface area contributed by atoms with Crippen LogP contribution in [-0.2, 0) is 10.1 Å². The highest BCUT2D eigenvalue weighted by atomic mass is 32.2. The number of benzene rings is 3. The smallest absolute Gasteiger partial charge is 0.294 e. The first-order chi connectivity index (χ1) is 13.2. The first-order valence-corrected chi connectivity index (χ1v) is 9.70. The number of ether oxygens (including phenoxy) is 1. The Morgan fingerprint density at radius 3 is 2.39 bits per heavy atom. The van der Waals surface area contributed by atoms with E-state index in [1.54, 1.807) is 25.2 Å². The van der Waals surface area contributed by atoms with Gasteiger partial charge >= 0.3 is 0 Å². The third kappa shape index (κ3) is 3.75. The highest BCUT2D eigenvalue weighted by molar-refractivity contribution is 7.85. The standard InChI is InChI=1S/C19H19N3O5S/c1-11-4-7-17(27-3)15(8-11)22-21-14-6-5-12-9-13(28(24,25)26)10-16(20-2)18(12)19(14)23/h4-10,20,23H,1-3H3,(H,24,25,26). The average molecular weight is 401 g/mol. The van der Waals surface area contributed by atoms with Crippen LogP contribution in [-0.4, -0.2) is 32.2 Å². The molecule has 0 amide bonds. The van der Waals surface area contributed by atoms with Gasteiger partial charge in [0.2, 0.25) is 0 Å². The topological polar surface area (TPSA) is 121 Å². The Labute approximate surface area is 162 Å². The molecule has 3 rings (SSSR count). The minimum Gasteiger partial charge on any atom is -0.505 e. The second-order valence-corrected chi connectivity index (χ2v) is 7.52. The van der Waals surface area contributed by atoms with Crippen LogP contribution in [0.1, 0.15) is 5.56 Å². The fourth-order valence-corrected chi connectivity index (χ4v) is 3.36. The van der Waals surface area contributed by atoms with Crippen LogP contribution in [0, 0.1) is 6.92 Å². The summed E-state index contributed by atoms with van der Waals surface area (Å²) in [5.74, 6) is 0.377. The highest BCUT2D eigenvalue weighted by Gasteiger charge is 2.17. The molecule has 0 bridgehead atoms. The summed E-state index contributed by atoms with van der Waals surface area (Å²) in [5, 5.41) is 22.6. The Morgan fingerprint density at radius 2 is 1.75 bits per heavy atom. The number of hydrogen-bond acceptors (Lipinski definition) is 7. The van der Waals surface area contributed by atoms with Crippen LogP contribution in [0.2, 0.25) is 0 Å². The van der Waals surface area contributed by atoms with Crippen LogP contribution in [0.5, 0.6) is 11.5 Å². The van der Waals surface area contributed by atoms with Crippen molar-refractivity contribution in [2.45, 2.75) is 11.8 Å². The molecule has 0 radical (unpaired) electrons. The van der Waals surface area contributed by atoms with Gasteiger partial charge in [-0.2, -0.15) is 8.42 Å². The highest BCUT2D eigenvalue weighted by Crippen LogP contribution is 2.41. The fourth-order valence-electron chi connectivity index (χ4n) is 2.82. The van der Waals surface area contributed by atoms with Crippen LogP contribution in [0.25, 0.3) is 10.8 Å². The van der Waals surface area contributed by atoms with E-state index in [0.717, 1.165) is 5.56 Å². The maximum atomic E-state index is 11.5. The maximum Gasteiger partial charge on any atom is 0.294 e. The molecular weight excluding hydrogens is 382 g/mol. The van der Waals surface area contributed by atoms with Crippen LogP contribution in [0.4, 0.5) is 17.1 Å². The number of rotatable bonds is 5. The lowest BCUT2D eigenvalue weighted by Crippen LogP contribution is -2.00. The minimum atomic E-state index is -4.39. The number of anilines is 1. The van der Waals surface area contributed by atoms with E-state index in [4.69, 9.17) is 4.74 Å². The molecule has 8 nitrogen and oxygen atoms in total. The molecule has 146 valence electrons. The quantitative estimate of drug-likeness (QED) is 0.425. The van der Waals surface area contributed by atoms with Crippen LogP contribution in [0.15, 0.2) is 57.6 Å². The Morgan fingerprint density at radius 1 is 1.04 bits per heavy atom. The van der Waals surface area contributed by atoms with E-state index in [1.165, 1.54) is 25.3 Å². The second kappa shape index (κ2) is 7.45. The molecule has 0 unspecified atom stereocenters. The Bertz CT molecular complexity index is 1190. The largest absolute Gasteiger partial charge is 0.505 e. The van der Waals surface area contributed by atoms with Crippen molar-refractivity contribution in [1.29, 1.82) is 0 Å². The molecule has 3 N–H and O–H groups in total. The summed E-state index contributed by atoms with van der Waals surface area (Å²) in [7, 11) is -1.28. The zero-order chi connectivity index (χ0) is 20.5. The Hall–Kier alpha value is -3.17. The van der Waals surface area contributed by atoms with Crippen molar-refractivity contribution in [2.75, 3.05) is 19.5 Å². The molecule has 0 aliphatic heterocycles. The SMILES string of the molecule is CNc1cc(S(=O)(=O)O)cc2ccc(N=Nc3cc(C)ccc3OC)c(O)c12. The molecule has 0 saturated heterocycles. The van der Waals surface area contributed by atoms with E-state index in [2.05, 4.69) is 15.5 Å². The summed E-state index contributed by atoms with van der Waals surface area (Å²) in [4.78, 5) is -0.275. The average Bonchev–Trinajstić information content (AvgIpc) is 2.66. The molecular formula is C19H19N3O5S. The molecule has 3 aromatic carbocycles. The van der Waals surface area contributed by atoms with Crippen molar-refractivity contribution in [2.24, 2.45) is 10.2 Å². The number of hydrogen-bond donors (Lipinski definition) is 3. The number of methoxy groups -OCH3 is 1. The summed E-state index contributed by atoms with van der Waals surface area (Å²) < 4.78 is 37.5. The molecule has 0 spiro atoms. The number of phenolic OH excluding ortho intramolecular Hbond substituents is 1. The van der Waals surface area contributed by atoms with Crippen molar-refractivity contribution in [3.8, 4) is 11.5 Å². The summed E-state index contributed by atoms with van der Waals surface area (Å²) in [6, 6.07) is 11.1. The Balaban J connectivity index is 2.14. The summed E-state index contributed by atoms with van der Waals surface area (Å²) >= 11 is 0. The minimum absolute atomic E-state index is 0.167. The molecule has 28 heavy (non-hydrogen) atoms. The van der Waals surface area contributed by atoms with Gasteiger partial charge in [0.25, 0.3) is 10.1 Å². The number of nitrogens with zero attached hydrogens (tertiary/aromatic N) is 2. The molecule has 0 aromatic heterocycles. The van der Waals surface area contributed by atoms with Crippen molar-refractivity contribution >= 4 is 38.0 Å². The molecule has 0 aliphatic rings. The predicted octanol–water partition coefficient (Wildman–Crippen LogP) is 4.57. The third-order valence-corrected chi connectivity index (χ3v) is 5.04. The van der Waals surface area contributed by atoms with Gasteiger partial charge < -0.3 is 15.2 Å². The number of phenols is 1. The van der Waals surface area contributed by atoms with Gasteiger partial charge in [0.1, 0.15) is 17.1 Å². The van der Waals surface area contributed by atoms with Gasteiger partial charge in [0.15, 0.2) is 5.75 Å². The van der Waals surface area contributed by atoms with E-state index in [-0.39, 0.29) is 16.3 Å². The summed E-state index contributed by atoms with van der Waals surface area (Å²) in [6.07, 6.45) is 0. The molecule has 3 aromatic rings. The summed E-state index contributed by atoms with van der Waals surface area (Å²) in [6.45, 7) is 1.91. The second-order valence-electron chi connectivity index (χ2n) is 6.10. The molecule has 0 heterocycles. The molecule has 0 atom stereocenters. The van der Waals surface area contributed by atoms with Crippen LogP contribution in [0.3, 0.4) is 0 Å². The first-order valence-electron chi connectivity index (χ1n) is 8.26. The van der Waals surface area contributed by atoms with Crippen LogP contribution >= 0.6 is 0 Å². The zero-order valence-electron chi connectivity index (χ0n) is 15.5. The number of azo groups is 1. The molecule has 9 heteroatoms. The number of nitrogens with one attached hydrogen (secondary N) is 1. The van der Waals surface area contributed by atoms with E-state index < -0.39 is 10.1 Å². The maximum absolute atomic E-state index is 11.5. The van der Waals surface area contributed by atoms with Gasteiger partial charge in [-0.15, -0.1) is 10.2 Å². The molecule has 0 aliphatic carbocycles. The van der Waals surface area contributed by atoms with Crippen molar-refractivity contribution < 1.29 is 22.8 Å². The van der Waals surface area contributed by atoms with Gasteiger partial charge in [-0.3, -0.25) is 4.55 Å². The lowest BCUT2D eigenvalue weighted by atomic mass is 10.1. The van der Waals surface area contributed by atoms with Crippen molar-refractivity contribution in [3.63, 3.8) is 0 Å².